The zero-order valence-corrected chi connectivity index (χ0v) is 58.5. The molecule has 0 saturated heterocycles. The lowest BCUT2D eigenvalue weighted by atomic mass is 9.85. The maximum atomic E-state index is 13.6. The van der Waals surface area contributed by atoms with Crippen molar-refractivity contribution in [3.63, 3.8) is 0 Å². The Kier molecular flexibility index (Phi) is 16.8. The molecule has 528 valence electrons. The molecule has 0 fully saturated rings. The molecular formula is C84H60N12O12. The van der Waals surface area contributed by atoms with E-state index in [0.29, 0.717) is 66.0 Å². The van der Waals surface area contributed by atoms with Crippen LogP contribution in [0.1, 0.15) is 236 Å². The molecule has 12 amide bonds. The molecule has 0 bridgehead atoms. The van der Waals surface area contributed by atoms with Crippen LogP contribution in [0.25, 0.3) is 32.3 Å². The zero-order chi connectivity index (χ0) is 75.4. The van der Waals surface area contributed by atoms with Crippen LogP contribution in [0, 0.1) is 0 Å². The molecule has 12 aromatic rings. The predicted octanol–water partition coefficient (Wildman–Crippen LogP) is 13.0. The molecule has 6 aliphatic rings. The summed E-state index contributed by atoms with van der Waals surface area (Å²) in [6.45, 7) is 10.6. The first-order valence-electron chi connectivity index (χ1n) is 34.7. The summed E-state index contributed by atoms with van der Waals surface area (Å²) in [5.41, 5.74) is 7.58. The Bertz CT molecular complexity index is 4810. The van der Waals surface area contributed by atoms with E-state index in [1.165, 1.54) is 29.4 Å². The Labute approximate surface area is 614 Å². The van der Waals surface area contributed by atoms with E-state index in [-0.39, 0.29) is 44.5 Å². The molecule has 0 saturated carbocycles. The lowest BCUT2D eigenvalue weighted by Gasteiger charge is -2.35. The van der Waals surface area contributed by atoms with Crippen molar-refractivity contribution in [1.29, 1.82) is 0 Å². The molecule has 108 heavy (non-hydrogen) atoms. The minimum atomic E-state index is -0.598. The average molecular weight is 1430 g/mol. The van der Waals surface area contributed by atoms with Crippen LogP contribution < -0.4 is 0 Å². The molecule has 0 unspecified atom stereocenters. The SMILES string of the molecule is C[C@@H](c1ccccn1)N1C(=O)c2ccc3c4c(ccc(c24)C1=O)C(=O)N([C@@H](C)c1ccccn1)C3=O.C[C@@H](c1cccnc1)N1C(=O)c2ccc3c4c(ccc(c24)C1=O)C(=O)N([C@@H](C)c1cccnc1)C3=O.C[C@@H](c1ccncc1)N1C(=O)c2ccc3c4c(ccc(c24)C1=O)C(=O)N([C@@H](C)c1ccncc1)C3=O. The highest BCUT2D eigenvalue weighted by Gasteiger charge is 2.47. The molecule has 12 heterocycles. The molecule has 0 radical (unpaired) electrons. The van der Waals surface area contributed by atoms with Crippen molar-refractivity contribution in [1.82, 2.24) is 59.3 Å². The van der Waals surface area contributed by atoms with Crippen molar-refractivity contribution >= 4 is 103 Å². The number of nitrogens with zero attached hydrogens (tertiary/aromatic N) is 12. The fourth-order valence-corrected chi connectivity index (χ4v) is 15.5. The van der Waals surface area contributed by atoms with Gasteiger partial charge in [0.15, 0.2) is 0 Å². The quantitative estimate of drug-likeness (QED) is 0.103. The molecule has 6 aliphatic heterocycles. The highest BCUT2D eigenvalue weighted by molar-refractivity contribution is 6.36. The molecule has 6 aromatic carbocycles. The number of carbonyl (C=O) groups is 12. The van der Waals surface area contributed by atoms with Gasteiger partial charge in [0.25, 0.3) is 70.9 Å². The van der Waals surface area contributed by atoms with Crippen LogP contribution in [-0.4, -0.2) is 130 Å². The van der Waals surface area contributed by atoms with Gasteiger partial charge in [-0.05, 0) is 197 Å². The van der Waals surface area contributed by atoms with E-state index in [9.17, 15) is 57.5 Å². The lowest BCUT2D eigenvalue weighted by molar-refractivity contribution is 0.0524. The number of benzene rings is 6. The third-order valence-electron chi connectivity index (χ3n) is 21.1. The fraction of sp³-hybridized carbons (Fsp3) is 0.143. The first-order chi connectivity index (χ1) is 52.2. The molecule has 6 atom stereocenters. The molecule has 24 heteroatoms. The fourth-order valence-electron chi connectivity index (χ4n) is 15.5. The largest absolute Gasteiger partial charge is 0.269 e. The van der Waals surface area contributed by atoms with Crippen LogP contribution in [0.4, 0.5) is 0 Å². The van der Waals surface area contributed by atoms with E-state index in [0.717, 1.165) is 22.3 Å². The number of hydrogen-bond acceptors (Lipinski definition) is 18. The van der Waals surface area contributed by atoms with Gasteiger partial charge in [-0.1, -0.05) is 24.3 Å². The number of carbonyl (C=O) groups excluding carboxylic acids is 12. The van der Waals surface area contributed by atoms with Gasteiger partial charge in [-0.15, -0.1) is 0 Å². The van der Waals surface area contributed by atoms with Gasteiger partial charge in [0, 0.05) is 161 Å². The van der Waals surface area contributed by atoms with E-state index < -0.39 is 107 Å². The van der Waals surface area contributed by atoms with Crippen molar-refractivity contribution in [3.8, 4) is 0 Å². The Balaban J connectivity index is 0.000000124. The van der Waals surface area contributed by atoms with Gasteiger partial charge in [0.1, 0.15) is 0 Å². The summed E-state index contributed by atoms with van der Waals surface area (Å²) >= 11 is 0. The summed E-state index contributed by atoms with van der Waals surface area (Å²) in [5, 5.41) is 2.11. The predicted molar refractivity (Wildman–Crippen MR) is 391 cm³/mol. The Hall–Kier alpha value is -14.2. The normalized spacial score (nSPS) is 16.5. The van der Waals surface area contributed by atoms with Crippen LogP contribution >= 0.6 is 0 Å². The van der Waals surface area contributed by atoms with Crippen LogP contribution in [0.5, 0.6) is 0 Å². The Morgan fingerprint density at radius 3 is 0.611 bits per heavy atom. The Morgan fingerprint density at radius 2 is 0.417 bits per heavy atom. The van der Waals surface area contributed by atoms with E-state index in [2.05, 4.69) is 29.9 Å². The highest BCUT2D eigenvalue weighted by atomic mass is 16.2. The second-order valence-electron chi connectivity index (χ2n) is 26.8. The minimum Gasteiger partial charge on any atom is -0.269 e. The zero-order valence-electron chi connectivity index (χ0n) is 58.5. The molecule has 0 spiro atoms. The summed E-state index contributed by atoms with van der Waals surface area (Å²) < 4.78 is 0. The second kappa shape index (κ2) is 26.5. The van der Waals surface area contributed by atoms with E-state index in [1.54, 1.807) is 249 Å². The first kappa shape index (κ1) is 68.3. The third-order valence-corrected chi connectivity index (χ3v) is 21.1. The van der Waals surface area contributed by atoms with Gasteiger partial charge in [0.05, 0.1) is 47.6 Å². The first-order valence-corrected chi connectivity index (χ1v) is 34.7. The van der Waals surface area contributed by atoms with Crippen molar-refractivity contribution in [2.75, 3.05) is 0 Å². The molecule has 0 N–H and O–H groups in total. The number of pyridine rings is 6. The number of rotatable bonds is 12. The summed E-state index contributed by atoms with van der Waals surface area (Å²) in [6.07, 6.45) is 16.2. The van der Waals surface area contributed by atoms with Crippen molar-refractivity contribution in [3.05, 3.63) is 320 Å². The van der Waals surface area contributed by atoms with E-state index >= 15 is 0 Å². The number of imide groups is 6. The topological polar surface area (TPSA) is 302 Å². The minimum absolute atomic E-state index is 0.278. The number of aromatic nitrogens is 6. The molecule has 18 rings (SSSR count). The number of hydrogen-bond donors (Lipinski definition) is 0. The van der Waals surface area contributed by atoms with Gasteiger partial charge < -0.3 is 0 Å². The summed E-state index contributed by atoms with van der Waals surface area (Å²) in [7, 11) is 0. The van der Waals surface area contributed by atoms with E-state index in [1.807, 2.05) is 12.1 Å². The van der Waals surface area contributed by atoms with Gasteiger partial charge in [0.2, 0.25) is 0 Å². The molecule has 0 aliphatic carbocycles. The van der Waals surface area contributed by atoms with Gasteiger partial charge in [-0.2, -0.15) is 0 Å². The van der Waals surface area contributed by atoms with Crippen LogP contribution in [0.15, 0.2) is 220 Å². The van der Waals surface area contributed by atoms with Gasteiger partial charge in [-0.25, -0.2) is 0 Å². The standard InChI is InChI=1S/3C28H20N4O4/c1-15(17-7-11-29-12-8-17)31-25(33)19-3-5-21-24-22(6-4-20(23(19)24)26(31)34)28(36)32(27(21)35)16(2)18-9-13-30-14-10-18;1-15(17-5-3-11-29-13-17)31-25(33)19-7-9-21-24-22(10-8-20(23(19)24)26(31)34)28(36)32(27(21)35)16(2)18-6-4-12-30-14-18;1-15(21-7-3-5-13-29-21)31-25(33)17-9-11-19-24-20(12-10-18(23(17)24)26(31)34)28(36)32(27(19)35)16(2)22-8-4-6-14-30-22/h3*3-16H,1-2H3/t3*15-,16-/m000/s1. The lowest BCUT2D eigenvalue weighted by Crippen LogP contribution is -2.44. The van der Waals surface area contributed by atoms with Crippen LogP contribution in [0.2, 0.25) is 0 Å². The highest BCUT2D eigenvalue weighted by Crippen LogP contribution is 2.46. The summed E-state index contributed by atoms with van der Waals surface area (Å²) in [5.74, 6) is -5.70. The Morgan fingerprint density at radius 1 is 0.204 bits per heavy atom. The van der Waals surface area contributed by atoms with Crippen LogP contribution in [0.3, 0.4) is 0 Å². The summed E-state index contributed by atoms with van der Waals surface area (Å²) in [4.78, 5) is 195. The third kappa shape index (κ3) is 10.6. The van der Waals surface area contributed by atoms with Crippen molar-refractivity contribution in [2.24, 2.45) is 0 Å². The van der Waals surface area contributed by atoms with Crippen LogP contribution in [-0.2, 0) is 0 Å². The van der Waals surface area contributed by atoms with Gasteiger partial charge in [-0.3, -0.25) is 117 Å². The summed E-state index contributed by atoms with van der Waals surface area (Å²) in [6, 6.07) is 40.3. The van der Waals surface area contributed by atoms with E-state index in [4.69, 9.17) is 0 Å². The number of amides is 12. The second-order valence-corrected chi connectivity index (χ2v) is 26.8. The molecule has 6 aromatic heterocycles. The average Bonchev–Trinajstić information content (AvgIpc) is 0.719. The van der Waals surface area contributed by atoms with Gasteiger partial charge >= 0.3 is 0 Å². The maximum absolute atomic E-state index is 13.6. The molecule has 24 nitrogen and oxygen atoms in total. The maximum Gasteiger partial charge on any atom is 0.262 e. The van der Waals surface area contributed by atoms with Crippen molar-refractivity contribution < 1.29 is 57.5 Å². The van der Waals surface area contributed by atoms with Crippen molar-refractivity contribution in [2.45, 2.75) is 77.8 Å². The smallest absolute Gasteiger partial charge is 0.262 e. The monoisotopic (exact) mass is 1430 g/mol. The molecular weight excluding hydrogens is 1370 g/mol.